The van der Waals surface area contributed by atoms with Gasteiger partial charge in [-0.15, -0.1) is 0 Å². The van der Waals surface area contributed by atoms with Crippen LogP contribution in [-0.2, 0) is 17.8 Å². The second-order valence-electron chi connectivity index (χ2n) is 8.58. The number of aryl methyl sites for hydroxylation is 1. The van der Waals surface area contributed by atoms with Crippen LogP contribution in [0.25, 0.3) is 0 Å². The number of hydrazone groups is 1. The predicted octanol–water partition coefficient (Wildman–Crippen LogP) is 2.14. The van der Waals surface area contributed by atoms with Crippen LogP contribution in [-0.4, -0.2) is 66.5 Å². The molecule has 3 aliphatic heterocycles. The standard InChI is InChI=1S/C23H31N7O/c1-17-4-2-5-18(12-17)13-25-28-23-26-21-16-30(19-6-3-7-24-14-19)15-20(21)22(27-23)29-8-10-31-11-9-29/h2,4-5,12-13,19,24H,3,6-11,14-16H2,1H3,(H,26,27,28)/b25-13+/t19-/m0/s1. The third-order valence-electron chi connectivity index (χ3n) is 6.30. The Hall–Kier alpha value is -2.55. The molecule has 2 saturated heterocycles. The van der Waals surface area contributed by atoms with Crippen molar-refractivity contribution < 1.29 is 4.74 Å². The van der Waals surface area contributed by atoms with Gasteiger partial charge in [-0.1, -0.05) is 29.8 Å². The lowest BCUT2D eigenvalue weighted by atomic mass is 10.1. The third kappa shape index (κ3) is 4.71. The minimum absolute atomic E-state index is 0.563. The Kier molecular flexibility index (Phi) is 6.11. The van der Waals surface area contributed by atoms with Gasteiger partial charge in [-0.2, -0.15) is 10.1 Å². The monoisotopic (exact) mass is 421 g/mol. The number of anilines is 2. The number of aromatic nitrogens is 2. The van der Waals surface area contributed by atoms with Gasteiger partial charge in [0.2, 0.25) is 5.95 Å². The van der Waals surface area contributed by atoms with Gasteiger partial charge in [0, 0.05) is 44.3 Å². The second-order valence-corrected chi connectivity index (χ2v) is 8.58. The van der Waals surface area contributed by atoms with Crippen molar-refractivity contribution in [1.29, 1.82) is 0 Å². The molecule has 0 aliphatic carbocycles. The number of nitrogens with zero attached hydrogens (tertiary/aromatic N) is 5. The molecule has 5 rings (SSSR count). The van der Waals surface area contributed by atoms with E-state index in [9.17, 15) is 0 Å². The van der Waals surface area contributed by atoms with E-state index in [0.29, 0.717) is 12.0 Å². The van der Waals surface area contributed by atoms with Crippen molar-refractivity contribution in [1.82, 2.24) is 20.2 Å². The maximum absolute atomic E-state index is 5.57. The third-order valence-corrected chi connectivity index (χ3v) is 6.30. The zero-order valence-corrected chi connectivity index (χ0v) is 18.2. The maximum atomic E-state index is 5.57. The average molecular weight is 422 g/mol. The Balaban J connectivity index is 1.38. The normalized spacial score (nSPS) is 22.1. The van der Waals surface area contributed by atoms with E-state index in [1.807, 2.05) is 18.3 Å². The molecule has 2 N–H and O–H groups in total. The number of nitrogens with one attached hydrogen (secondary N) is 2. The number of hydrogen-bond donors (Lipinski definition) is 2. The SMILES string of the molecule is Cc1cccc(/C=N/Nc2nc3c(c(N4CCOCC4)n2)CN([C@H]2CCCNC2)C3)c1. The highest BCUT2D eigenvalue weighted by atomic mass is 16.5. The number of rotatable bonds is 5. The highest BCUT2D eigenvalue weighted by molar-refractivity contribution is 5.80. The number of hydrogen-bond acceptors (Lipinski definition) is 8. The van der Waals surface area contributed by atoms with Crippen molar-refractivity contribution in [3.8, 4) is 0 Å². The van der Waals surface area contributed by atoms with Crippen molar-refractivity contribution in [2.24, 2.45) is 5.10 Å². The number of piperidine rings is 1. The lowest BCUT2D eigenvalue weighted by Gasteiger charge is -2.31. The molecule has 2 fully saturated rings. The molecule has 1 aromatic carbocycles. The molecule has 2 aromatic rings. The van der Waals surface area contributed by atoms with E-state index in [1.165, 1.54) is 24.0 Å². The van der Waals surface area contributed by atoms with E-state index >= 15 is 0 Å². The maximum Gasteiger partial charge on any atom is 0.245 e. The molecule has 0 unspecified atom stereocenters. The van der Waals surface area contributed by atoms with Crippen molar-refractivity contribution in [2.45, 2.75) is 38.9 Å². The number of morpholine rings is 1. The van der Waals surface area contributed by atoms with E-state index in [1.54, 1.807) is 0 Å². The first kappa shape index (κ1) is 20.4. The quantitative estimate of drug-likeness (QED) is 0.566. The molecule has 8 heteroatoms. The van der Waals surface area contributed by atoms with Crippen molar-refractivity contribution in [2.75, 3.05) is 49.7 Å². The molecular weight excluding hydrogens is 390 g/mol. The minimum atomic E-state index is 0.563. The van der Waals surface area contributed by atoms with Crippen LogP contribution in [0.3, 0.4) is 0 Å². The van der Waals surface area contributed by atoms with Crippen molar-refractivity contribution in [3.63, 3.8) is 0 Å². The van der Waals surface area contributed by atoms with Gasteiger partial charge >= 0.3 is 0 Å². The molecule has 1 aromatic heterocycles. The van der Waals surface area contributed by atoms with Gasteiger partial charge in [0.15, 0.2) is 0 Å². The molecule has 4 heterocycles. The summed E-state index contributed by atoms with van der Waals surface area (Å²) in [6.45, 7) is 9.26. The fourth-order valence-corrected chi connectivity index (χ4v) is 4.67. The van der Waals surface area contributed by atoms with E-state index in [-0.39, 0.29) is 0 Å². The van der Waals surface area contributed by atoms with Crippen LogP contribution >= 0.6 is 0 Å². The fourth-order valence-electron chi connectivity index (χ4n) is 4.67. The Morgan fingerprint density at radius 1 is 1.23 bits per heavy atom. The van der Waals surface area contributed by atoms with Gasteiger partial charge in [0.05, 0.1) is 25.1 Å². The predicted molar refractivity (Wildman–Crippen MR) is 123 cm³/mol. The zero-order valence-electron chi connectivity index (χ0n) is 18.2. The topological polar surface area (TPSA) is 77.9 Å². The van der Waals surface area contributed by atoms with Crippen LogP contribution in [0.4, 0.5) is 11.8 Å². The van der Waals surface area contributed by atoms with E-state index in [2.05, 4.69) is 44.7 Å². The lowest BCUT2D eigenvalue weighted by Crippen LogP contribution is -2.43. The molecule has 0 radical (unpaired) electrons. The molecule has 0 spiro atoms. The molecule has 0 amide bonds. The van der Waals surface area contributed by atoms with Gasteiger partial charge in [0.25, 0.3) is 0 Å². The Morgan fingerprint density at radius 2 is 2.13 bits per heavy atom. The fraction of sp³-hybridized carbons (Fsp3) is 0.522. The highest BCUT2D eigenvalue weighted by Gasteiger charge is 2.32. The minimum Gasteiger partial charge on any atom is -0.378 e. The summed E-state index contributed by atoms with van der Waals surface area (Å²) in [5.74, 6) is 1.60. The van der Waals surface area contributed by atoms with Gasteiger partial charge < -0.3 is 15.0 Å². The molecule has 1 atom stereocenters. The van der Waals surface area contributed by atoms with E-state index in [4.69, 9.17) is 14.7 Å². The summed E-state index contributed by atoms with van der Waals surface area (Å²) in [7, 11) is 0. The summed E-state index contributed by atoms with van der Waals surface area (Å²) < 4.78 is 5.57. The molecule has 0 bridgehead atoms. The first-order valence-electron chi connectivity index (χ1n) is 11.3. The van der Waals surface area contributed by atoms with Crippen molar-refractivity contribution in [3.05, 3.63) is 46.6 Å². The smallest absolute Gasteiger partial charge is 0.245 e. The van der Waals surface area contributed by atoms with Gasteiger partial charge in [-0.05, 0) is 31.9 Å². The summed E-state index contributed by atoms with van der Waals surface area (Å²) in [6, 6.07) is 8.82. The molecule has 3 aliphatic rings. The zero-order chi connectivity index (χ0) is 21.0. The Morgan fingerprint density at radius 3 is 2.94 bits per heavy atom. The Labute approximate surface area is 183 Å². The summed E-state index contributed by atoms with van der Waals surface area (Å²) in [4.78, 5) is 14.6. The van der Waals surface area contributed by atoms with Gasteiger partial charge in [-0.25, -0.2) is 10.4 Å². The highest BCUT2D eigenvalue weighted by Crippen LogP contribution is 2.33. The Bertz CT molecular complexity index is 936. The number of benzene rings is 1. The first-order valence-corrected chi connectivity index (χ1v) is 11.3. The summed E-state index contributed by atoms with van der Waals surface area (Å²) in [5.41, 5.74) is 7.73. The number of fused-ring (bicyclic) bond motifs is 1. The second kappa shape index (κ2) is 9.30. The van der Waals surface area contributed by atoms with Crippen LogP contribution in [0.1, 0.15) is 35.2 Å². The van der Waals surface area contributed by atoms with Crippen LogP contribution in [0.5, 0.6) is 0 Å². The molecule has 8 nitrogen and oxygen atoms in total. The molecular formula is C23H31N7O. The average Bonchev–Trinajstić information content (AvgIpc) is 3.24. The number of ether oxygens (including phenoxy) is 1. The van der Waals surface area contributed by atoms with E-state index < -0.39 is 0 Å². The summed E-state index contributed by atoms with van der Waals surface area (Å²) >= 11 is 0. The molecule has 164 valence electrons. The lowest BCUT2D eigenvalue weighted by molar-refractivity contribution is 0.122. The summed E-state index contributed by atoms with van der Waals surface area (Å²) in [6.07, 6.45) is 4.30. The van der Waals surface area contributed by atoms with Crippen molar-refractivity contribution >= 4 is 18.0 Å². The largest absolute Gasteiger partial charge is 0.378 e. The molecule has 0 saturated carbocycles. The molecule has 31 heavy (non-hydrogen) atoms. The van der Waals surface area contributed by atoms with Gasteiger partial charge in [-0.3, -0.25) is 4.90 Å². The van der Waals surface area contributed by atoms with Crippen LogP contribution in [0.15, 0.2) is 29.4 Å². The van der Waals surface area contributed by atoms with E-state index in [0.717, 1.165) is 69.6 Å². The van der Waals surface area contributed by atoms with Crippen LogP contribution < -0.4 is 15.6 Å². The van der Waals surface area contributed by atoms with Gasteiger partial charge in [0.1, 0.15) is 5.82 Å². The first-order chi connectivity index (χ1) is 15.3. The summed E-state index contributed by atoms with van der Waals surface area (Å²) in [5, 5.41) is 7.95. The van der Waals surface area contributed by atoms with Crippen LogP contribution in [0, 0.1) is 6.92 Å². The van der Waals surface area contributed by atoms with Crippen LogP contribution in [0.2, 0.25) is 0 Å².